The number of hydrogen-bond donors (Lipinski definition) is 1. The molecule has 0 aromatic carbocycles. The van der Waals surface area contributed by atoms with Gasteiger partial charge in [-0.2, -0.15) is 0 Å². The predicted octanol–water partition coefficient (Wildman–Crippen LogP) is 2.46. The van der Waals surface area contributed by atoms with Gasteiger partial charge in [-0.15, -0.1) is 0 Å². The highest BCUT2D eigenvalue weighted by atomic mass is 35.5. The number of ether oxygens (including phenoxy) is 1. The second-order valence-electron chi connectivity index (χ2n) is 5.30. The summed E-state index contributed by atoms with van der Waals surface area (Å²) >= 11 is 6.20. The second kappa shape index (κ2) is 6.55. The average Bonchev–Trinajstić information content (AvgIpc) is 2.37. The van der Waals surface area contributed by atoms with Crippen molar-refractivity contribution < 1.29 is 4.74 Å². The second-order valence-corrected chi connectivity index (χ2v) is 5.70. The van der Waals surface area contributed by atoms with E-state index in [1.54, 1.807) is 6.20 Å². The van der Waals surface area contributed by atoms with Gasteiger partial charge in [0, 0.05) is 31.9 Å². The number of anilines is 1. The minimum absolute atomic E-state index is 0.253. The van der Waals surface area contributed by atoms with Crippen molar-refractivity contribution in [3.05, 3.63) is 22.8 Å². The number of aromatic nitrogens is 1. The van der Waals surface area contributed by atoms with Crippen LogP contribution < -0.4 is 10.2 Å². The zero-order valence-electron chi connectivity index (χ0n) is 11.8. The molecule has 1 saturated heterocycles. The molecule has 0 saturated carbocycles. The Morgan fingerprint density at radius 1 is 1.58 bits per heavy atom. The first kappa shape index (κ1) is 14.6. The van der Waals surface area contributed by atoms with Crippen molar-refractivity contribution in [1.29, 1.82) is 0 Å². The molecule has 1 atom stereocenters. The third-order valence-electron chi connectivity index (χ3n) is 3.19. The van der Waals surface area contributed by atoms with Crippen LogP contribution in [-0.4, -0.2) is 36.8 Å². The largest absolute Gasteiger partial charge is 0.375 e. The fourth-order valence-corrected chi connectivity index (χ4v) is 2.29. The topological polar surface area (TPSA) is 37.4 Å². The zero-order valence-corrected chi connectivity index (χ0v) is 12.6. The highest BCUT2D eigenvalue weighted by molar-refractivity contribution is 6.31. The van der Waals surface area contributed by atoms with E-state index in [2.05, 4.69) is 42.0 Å². The Labute approximate surface area is 120 Å². The number of morpholine rings is 1. The van der Waals surface area contributed by atoms with Crippen molar-refractivity contribution in [2.45, 2.75) is 39.5 Å². The van der Waals surface area contributed by atoms with Crippen molar-refractivity contribution in [3.63, 3.8) is 0 Å². The van der Waals surface area contributed by atoms with E-state index in [-0.39, 0.29) is 6.10 Å². The molecule has 0 spiro atoms. The molecule has 1 N–H and O–H groups in total. The van der Waals surface area contributed by atoms with Crippen molar-refractivity contribution in [3.8, 4) is 0 Å². The Balaban J connectivity index is 2.10. The van der Waals surface area contributed by atoms with Gasteiger partial charge in [-0.3, -0.25) is 0 Å². The van der Waals surface area contributed by atoms with Crippen LogP contribution in [0.1, 0.15) is 26.3 Å². The van der Waals surface area contributed by atoms with Gasteiger partial charge in [-0.05, 0) is 18.6 Å². The highest BCUT2D eigenvalue weighted by Gasteiger charge is 2.18. The van der Waals surface area contributed by atoms with Gasteiger partial charge in [0.05, 0.1) is 17.7 Å². The van der Waals surface area contributed by atoms with E-state index in [1.165, 1.54) is 0 Å². The standard InChI is InChI=1S/C14H22ClN3O/c1-10(2)16-7-12-6-14(17-8-13(12)15)18-4-5-19-11(3)9-18/h6,8,10-11,16H,4-5,7,9H2,1-3H3. The quantitative estimate of drug-likeness (QED) is 0.921. The molecule has 1 aromatic rings. The summed E-state index contributed by atoms with van der Waals surface area (Å²) in [5, 5.41) is 4.11. The van der Waals surface area contributed by atoms with Crippen LogP contribution in [0.5, 0.6) is 0 Å². The third-order valence-corrected chi connectivity index (χ3v) is 3.53. The maximum Gasteiger partial charge on any atom is 0.129 e. The van der Waals surface area contributed by atoms with Crippen molar-refractivity contribution in [2.75, 3.05) is 24.6 Å². The summed E-state index contributed by atoms with van der Waals surface area (Å²) in [6.07, 6.45) is 2.00. The number of pyridine rings is 1. The zero-order chi connectivity index (χ0) is 13.8. The summed E-state index contributed by atoms with van der Waals surface area (Å²) in [6, 6.07) is 2.52. The molecular formula is C14H22ClN3O. The van der Waals surface area contributed by atoms with E-state index < -0.39 is 0 Å². The first-order chi connectivity index (χ1) is 9.06. The summed E-state index contributed by atoms with van der Waals surface area (Å²) in [5.74, 6) is 0.986. The van der Waals surface area contributed by atoms with Crippen LogP contribution in [0.15, 0.2) is 12.3 Å². The van der Waals surface area contributed by atoms with Crippen LogP contribution in [0.4, 0.5) is 5.82 Å². The fourth-order valence-electron chi connectivity index (χ4n) is 2.12. The minimum Gasteiger partial charge on any atom is -0.375 e. The Morgan fingerprint density at radius 3 is 3.05 bits per heavy atom. The monoisotopic (exact) mass is 283 g/mol. The van der Waals surface area contributed by atoms with Crippen LogP contribution in [0.2, 0.25) is 5.02 Å². The van der Waals surface area contributed by atoms with Gasteiger partial charge >= 0.3 is 0 Å². The Hall–Kier alpha value is -0.840. The molecular weight excluding hydrogens is 262 g/mol. The van der Waals surface area contributed by atoms with Gasteiger partial charge in [0.25, 0.3) is 0 Å². The molecule has 1 aliphatic heterocycles. The SMILES string of the molecule is CC(C)NCc1cc(N2CCOC(C)C2)ncc1Cl. The van der Waals surface area contributed by atoms with Gasteiger partial charge in [0.15, 0.2) is 0 Å². The van der Waals surface area contributed by atoms with Gasteiger partial charge in [-0.1, -0.05) is 25.4 Å². The minimum atomic E-state index is 0.253. The lowest BCUT2D eigenvalue weighted by atomic mass is 10.2. The van der Waals surface area contributed by atoms with E-state index in [4.69, 9.17) is 16.3 Å². The van der Waals surface area contributed by atoms with Gasteiger partial charge in [-0.25, -0.2) is 4.98 Å². The number of hydrogen-bond acceptors (Lipinski definition) is 4. The lowest BCUT2D eigenvalue weighted by Gasteiger charge is -2.32. The Morgan fingerprint density at radius 2 is 2.37 bits per heavy atom. The summed E-state index contributed by atoms with van der Waals surface area (Å²) in [4.78, 5) is 6.69. The van der Waals surface area contributed by atoms with E-state index >= 15 is 0 Å². The molecule has 4 nitrogen and oxygen atoms in total. The van der Waals surface area contributed by atoms with Crippen molar-refractivity contribution >= 4 is 17.4 Å². The normalized spacial score (nSPS) is 20.1. The molecule has 1 fully saturated rings. The van der Waals surface area contributed by atoms with E-state index in [9.17, 15) is 0 Å². The maximum absolute atomic E-state index is 6.20. The molecule has 1 aliphatic rings. The number of nitrogens with zero attached hydrogens (tertiary/aromatic N) is 2. The fraction of sp³-hybridized carbons (Fsp3) is 0.643. The summed E-state index contributed by atoms with van der Waals surface area (Å²) in [6.45, 7) is 9.63. The summed E-state index contributed by atoms with van der Waals surface area (Å²) in [7, 11) is 0. The average molecular weight is 284 g/mol. The summed E-state index contributed by atoms with van der Waals surface area (Å²) in [5.41, 5.74) is 1.10. The molecule has 2 heterocycles. The van der Waals surface area contributed by atoms with Crippen LogP contribution in [0.25, 0.3) is 0 Å². The van der Waals surface area contributed by atoms with Gasteiger partial charge in [0.2, 0.25) is 0 Å². The lowest BCUT2D eigenvalue weighted by molar-refractivity contribution is 0.0529. The van der Waals surface area contributed by atoms with Crippen LogP contribution in [0, 0.1) is 0 Å². The molecule has 0 radical (unpaired) electrons. The highest BCUT2D eigenvalue weighted by Crippen LogP contribution is 2.22. The molecule has 19 heavy (non-hydrogen) atoms. The first-order valence-corrected chi connectivity index (χ1v) is 7.18. The lowest BCUT2D eigenvalue weighted by Crippen LogP contribution is -2.41. The Kier molecular flexibility index (Phi) is 5.02. The first-order valence-electron chi connectivity index (χ1n) is 6.80. The van der Waals surface area contributed by atoms with E-state index in [1.807, 2.05) is 0 Å². The predicted molar refractivity (Wildman–Crippen MR) is 78.8 cm³/mol. The van der Waals surface area contributed by atoms with Crippen molar-refractivity contribution in [2.24, 2.45) is 0 Å². The molecule has 1 unspecified atom stereocenters. The number of halogens is 1. The molecule has 0 amide bonds. The number of nitrogens with one attached hydrogen (secondary N) is 1. The number of rotatable bonds is 4. The molecule has 106 valence electrons. The molecule has 1 aromatic heterocycles. The van der Waals surface area contributed by atoms with Gasteiger partial charge < -0.3 is 15.0 Å². The van der Waals surface area contributed by atoms with Gasteiger partial charge in [0.1, 0.15) is 5.82 Å². The van der Waals surface area contributed by atoms with Crippen LogP contribution >= 0.6 is 11.6 Å². The smallest absolute Gasteiger partial charge is 0.129 e. The molecule has 0 bridgehead atoms. The van der Waals surface area contributed by atoms with Crippen molar-refractivity contribution in [1.82, 2.24) is 10.3 Å². The maximum atomic E-state index is 6.20. The van der Waals surface area contributed by atoms with Crippen LogP contribution in [0.3, 0.4) is 0 Å². The molecule has 0 aliphatic carbocycles. The van der Waals surface area contributed by atoms with Crippen LogP contribution in [-0.2, 0) is 11.3 Å². The van der Waals surface area contributed by atoms with E-state index in [0.717, 1.165) is 42.6 Å². The molecule has 5 heteroatoms. The van der Waals surface area contributed by atoms with E-state index in [0.29, 0.717) is 6.04 Å². The summed E-state index contributed by atoms with van der Waals surface area (Å²) < 4.78 is 5.55. The Bertz CT molecular complexity index is 425. The third kappa shape index (κ3) is 4.06. The molecule has 2 rings (SSSR count).